The van der Waals surface area contributed by atoms with E-state index in [1.807, 2.05) is 17.5 Å². The SMILES string of the molecule is O=C(CCSC(F)(F)F)NCCc1cccs1. The largest absolute Gasteiger partial charge is 0.441 e. The Bertz CT molecular complexity index is 338. The number of rotatable bonds is 6. The van der Waals surface area contributed by atoms with Crippen LogP contribution in [0.5, 0.6) is 0 Å². The molecule has 0 aliphatic heterocycles. The Labute approximate surface area is 106 Å². The van der Waals surface area contributed by atoms with Crippen LogP contribution in [0.4, 0.5) is 13.2 Å². The predicted molar refractivity (Wildman–Crippen MR) is 64.2 cm³/mol. The van der Waals surface area contributed by atoms with E-state index in [1.54, 1.807) is 11.3 Å². The molecule has 7 heteroatoms. The van der Waals surface area contributed by atoms with Crippen molar-refractivity contribution in [3.05, 3.63) is 22.4 Å². The summed E-state index contributed by atoms with van der Waals surface area (Å²) >= 11 is 1.43. The number of hydrogen-bond acceptors (Lipinski definition) is 3. The zero-order chi connectivity index (χ0) is 12.7. The molecule has 1 aromatic rings. The second-order valence-electron chi connectivity index (χ2n) is 3.22. The molecule has 1 rings (SSSR count). The minimum Gasteiger partial charge on any atom is -0.356 e. The van der Waals surface area contributed by atoms with Crippen LogP contribution in [0.3, 0.4) is 0 Å². The van der Waals surface area contributed by atoms with Crippen molar-refractivity contribution in [3.63, 3.8) is 0 Å². The Kier molecular flexibility index (Phi) is 5.84. The topological polar surface area (TPSA) is 29.1 Å². The van der Waals surface area contributed by atoms with Gasteiger partial charge in [0.25, 0.3) is 0 Å². The molecule has 1 aromatic heterocycles. The second-order valence-corrected chi connectivity index (χ2v) is 5.42. The van der Waals surface area contributed by atoms with Gasteiger partial charge in [-0.15, -0.1) is 11.3 Å². The average Bonchev–Trinajstić information content (AvgIpc) is 2.68. The molecule has 0 unspecified atom stereocenters. The highest BCUT2D eigenvalue weighted by Crippen LogP contribution is 2.30. The van der Waals surface area contributed by atoms with Gasteiger partial charge in [0.15, 0.2) is 0 Å². The van der Waals surface area contributed by atoms with E-state index in [1.165, 1.54) is 0 Å². The Balaban J connectivity index is 2.05. The lowest BCUT2D eigenvalue weighted by Crippen LogP contribution is -2.26. The fourth-order valence-electron chi connectivity index (χ4n) is 1.13. The Morgan fingerprint density at radius 1 is 1.47 bits per heavy atom. The number of hydrogen-bond donors (Lipinski definition) is 1. The van der Waals surface area contributed by atoms with Crippen LogP contribution >= 0.6 is 23.1 Å². The van der Waals surface area contributed by atoms with E-state index in [0.29, 0.717) is 6.54 Å². The maximum atomic E-state index is 11.8. The van der Waals surface area contributed by atoms with Crippen LogP contribution in [-0.2, 0) is 11.2 Å². The van der Waals surface area contributed by atoms with Crippen LogP contribution in [0.2, 0.25) is 0 Å². The maximum Gasteiger partial charge on any atom is 0.441 e. The number of amides is 1. The van der Waals surface area contributed by atoms with Gasteiger partial charge in [0.05, 0.1) is 0 Å². The first kappa shape index (κ1) is 14.4. The van der Waals surface area contributed by atoms with Crippen molar-refractivity contribution in [1.29, 1.82) is 0 Å². The molecule has 0 bridgehead atoms. The number of thioether (sulfide) groups is 1. The Hall–Kier alpha value is -0.690. The zero-order valence-corrected chi connectivity index (χ0v) is 10.6. The molecule has 0 fully saturated rings. The molecule has 0 aromatic carbocycles. The molecule has 0 spiro atoms. The molecule has 1 N–H and O–H groups in total. The van der Waals surface area contributed by atoms with Crippen molar-refractivity contribution >= 4 is 29.0 Å². The molecule has 17 heavy (non-hydrogen) atoms. The van der Waals surface area contributed by atoms with Crippen LogP contribution in [0.1, 0.15) is 11.3 Å². The summed E-state index contributed by atoms with van der Waals surface area (Å²) < 4.78 is 35.3. The van der Waals surface area contributed by atoms with Crippen LogP contribution < -0.4 is 5.32 Å². The Morgan fingerprint density at radius 3 is 2.82 bits per heavy atom. The first-order chi connectivity index (χ1) is 7.97. The third-order valence-corrected chi connectivity index (χ3v) is 3.54. The van der Waals surface area contributed by atoms with Gasteiger partial charge in [-0.1, -0.05) is 17.8 Å². The van der Waals surface area contributed by atoms with Crippen LogP contribution in [-0.4, -0.2) is 23.7 Å². The highest BCUT2D eigenvalue weighted by Gasteiger charge is 2.27. The quantitative estimate of drug-likeness (QED) is 0.869. The molecule has 0 aliphatic rings. The number of carbonyl (C=O) groups is 1. The summed E-state index contributed by atoms with van der Waals surface area (Å²) in [5.74, 6) is -0.563. The minimum atomic E-state index is -4.25. The summed E-state index contributed by atoms with van der Waals surface area (Å²) in [6.45, 7) is 0.468. The van der Waals surface area contributed by atoms with Crippen LogP contribution in [0.15, 0.2) is 17.5 Å². The van der Waals surface area contributed by atoms with Crippen molar-refractivity contribution in [1.82, 2.24) is 5.32 Å². The van der Waals surface area contributed by atoms with Crippen molar-refractivity contribution < 1.29 is 18.0 Å². The van der Waals surface area contributed by atoms with Crippen molar-refractivity contribution in [2.75, 3.05) is 12.3 Å². The van der Waals surface area contributed by atoms with E-state index in [4.69, 9.17) is 0 Å². The lowest BCUT2D eigenvalue weighted by molar-refractivity contribution is -0.120. The molecule has 0 aliphatic carbocycles. The summed E-state index contributed by atoms with van der Waals surface area (Å²) in [5.41, 5.74) is -4.25. The van der Waals surface area contributed by atoms with Gasteiger partial charge in [-0.3, -0.25) is 4.79 Å². The van der Waals surface area contributed by atoms with Crippen molar-refractivity contribution in [3.8, 4) is 0 Å². The van der Waals surface area contributed by atoms with E-state index >= 15 is 0 Å². The highest BCUT2D eigenvalue weighted by atomic mass is 32.2. The lowest BCUT2D eigenvalue weighted by Gasteiger charge is -2.06. The van der Waals surface area contributed by atoms with Gasteiger partial charge >= 0.3 is 5.51 Å². The first-order valence-electron chi connectivity index (χ1n) is 4.97. The van der Waals surface area contributed by atoms with Gasteiger partial charge in [0, 0.05) is 23.6 Å². The highest BCUT2D eigenvalue weighted by molar-refractivity contribution is 8.00. The molecule has 0 radical (unpaired) electrons. The summed E-state index contributed by atoms with van der Waals surface area (Å²) in [6, 6.07) is 3.87. The molecular formula is C10H12F3NOS2. The van der Waals surface area contributed by atoms with Gasteiger partial charge in [-0.05, 0) is 17.9 Å². The third-order valence-electron chi connectivity index (χ3n) is 1.87. The van der Waals surface area contributed by atoms with Gasteiger partial charge in [-0.25, -0.2) is 0 Å². The number of alkyl halides is 3. The van der Waals surface area contributed by atoms with Gasteiger partial charge < -0.3 is 5.32 Å². The summed E-state index contributed by atoms with van der Waals surface area (Å²) in [6.07, 6.45) is 0.616. The van der Waals surface area contributed by atoms with E-state index in [2.05, 4.69) is 5.32 Å². The number of nitrogens with one attached hydrogen (secondary N) is 1. The fraction of sp³-hybridized carbons (Fsp3) is 0.500. The zero-order valence-electron chi connectivity index (χ0n) is 8.92. The molecule has 0 atom stereocenters. The van der Waals surface area contributed by atoms with E-state index < -0.39 is 5.51 Å². The smallest absolute Gasteiger partial charge is 0.356 e. The fourth-order valence-corrected chi connectivity index (χ4v) is 2.36. The second kappa shape index (κ2) is 6.90. The van der Waals surface area contributed by atoms with Crippen LogP contribution in [0, 0.1) is 0 Å². The number of carbonyl (C=O) groups excluding carboxylic acids is 1. The molecule has 96 valence electrons. The maximum absolute atomic E-state index is 11.8. The average molecular weight is 283 g/mol. The van der Waals surface area contributed by atoms with Crippen molar-refractivity contribution in [2.24, 2.45) is 0 Å². The molecule has 2 nitrogen and oxygen atoms in total. The standard InChI is InChI=1S/C10H12F3NOS2/c11-10(12,13)17-7-4-9(15)14-5-3-8-2-1-6-16-8/h1-2,6H,3-5,7H2,(H,14,15). The van der Waals surface area contributed by atoms with E-state index in [-0.39, 0.29) is 29.8 Å². The molecule has 0 saturated carbocycles. The van der Waals surface area contributed by atoms with Crippen molar-refractivity contribution in [2.45, 2.75) is 18.3 Å². The monoisotopic (exact) mass is 283 g/mol. The number of thiophene rings is 1. The predicted octanol–water partition coefficient (Wildman–Crippen LogP) is 3.05. The Morgan fingerprint density at radius 2 is 2.24 bits per heavy atom. The van der Waals surface area contributed by atoms with E-state index in [9.17, 15) is 18.0 Å². The van der Waals surface area contributed by atoms with E-state index in [0.717, 1.165) is 11.3 Å². The van der Waals surface area contributed by atoms with Gasteiger partial charge in [-0.2, -0.15) is 13.2 Å². The molecule has 0 saturated heterocycles. The minimum absolute atomic E-state index is 0.103. The number of halogens is 3. The molecular weight excluding hydrogens is 271 g/mol. The lowest BCUT2D eigenvalue weighted by atomic mass is 10.3. The normalized spacial score (nSPS) is 11.5. The molecule has 1 amide bonds. The summed E-state index contributed by atoms with van der Waals surface area (Å²) in [7, 11) is 0. The first-order valence-corrected chi connectivity index (χ1v) is 6.83. The van der Waals surface area contributed by atoms with Crippen LogP contribution in [0.25, 0.3) is 0 Å². The summed E-state index contributed by atoms with van der Waals surface area (Å²) in [5, 5.41) is 4.54. The molecule has 1 heterocycles. The summed E-state index contributed by atoms with van der Waals surface area (Å²) in [4.78, 5) is 12.3. The van der Waals surface area contributed by atoms with Gasteiger partial charge in [0.2, 0.25) is 5.91 Å². The third kappa shape index (κ3) is 7.27. The van der Waals surface area contributed by atoms with Gasteiger partial charge in [0.1, 0.15) is 0 Å².